The molecule has 2 saturated heterocycles. The summed E-state index contributed by atoms with van der Waals surface area (Å²) >= 11 is 3.46. The molecule has 0 unspecified atom stereocenters. The number of carbonyl (C=O) groups is 1. The van der Waals surface area contributed by atoms with Crippen LogP contribution in [-0.2, 0) is 11.3 Å². The van der Waals surface area contributed by atoms with Crippen molar-refractivity contribution < 1.29 is 4.79 Å². The van der Waals surface area contributed by atoms with Crippen molar-refractivity contribution >= 4 is 27.8 Å². The summed E-state index contributed by atoms with van der Waals surface area (Å²) < 4.78 is 1.09. The van der Waals surface area contributed by atoms with Crippen molar-refractivity contribution in [1.29, 1.82) is 0 Å². The molecule has 2 aliphatic heterocycles. The lowest BCUT2D eigenvalue weighted by molar-refractivity contribution is -0.131. The summed E-state index contributed by atoms with van der Waals surface area (Å²) in [5, 5.41) is 3.44. The van der Waals surface area contributed by atoms with Gasteiger partial charge in [0.1, 0.15) is 0 Å². The minimum Gasteiger partial charge on any atom is -0.352 e. The molecule has 2 heterocycles. The molecule has 0 saturated carbocycles. The Morgan fingerprint density at radius 2 is 1.69 bits per heavy atom. The molecule has 7 heteroatoms. The standard InChI is InChI=1S/C19H28BrN5O/c1-21-19(22-14-16-4-6-17(20)7-5-16)25-12-10-23(11-13-25)15-18(26)24-8-2-3-9-24/h4-7H,2-3,8-15H2,1H3,(H,21,22). The maximum absolute atomic E-state index is 12.3. The number of guanidine groups is 1. The minimum absolute atomic E-state index is 0.286. The molecular weight excluding hydrogens is 394 g/mol. The number of piperazine rings is 1. The summed E-state index contributed by atoms with van der Waals surface area (Å²) in [5.41, 5.74) is 1.23. The molecule has 1 amide bonds. The molecule has 0 radical (unpaired) electrons. The Bertz CT molecular complexity index is 619. The first-order valence-corrected chi connectivity index (χ1v) is 10.1. The number of halogens is 1. The number of likely N-dealkylation sites (tertiary alicyclic amines) is 1. The van der Waals surface area contributed by atoms with Crippen molar-refractivity contribution in [1.82, 2.24) is 20.0 Å². The van der Waals surface area contributed by atoms with Gasteiger partial charge < -0.3 is 15.1 Å². The van der Waals surface area contributed by atoms with E-state index in [4.69, 9.17) is 0 Å². The van der Waals surface area contributed by atoms with E-state index < -0.39 is 0 Å². The third-order valence-electron chi connectivity index (χ3n) is 5.07. The molecule has 0 bridgehead atoms. The van der Waals surface area contributed by atoms with Gasteiger partial charge in [-0.05, 0) is 30.5 Å². The second-order valence-corrected chi connectivity index (χ2v) is 7.79. The molecule has 6 nitrogen and oxygen atoms in total. The molecule has 1 N–H and O–H groups in total. The predicted molar refractivity (Wildman–Crippen MR) is 108 cm³/mol. The van der Waals surface area contributed by atoms with E-state index in [2.05, 4.69) is 60.3 Å². The van der Waals surface area contributed by atoms with Crippen LogP contribution in [0.3, 0.4) is 0 Å². The van der Waals surface area contributed by atoms with Gasteiger partial charge in [0, 0.05) is 57.3 Å². The summed E-state index contributed by atoms with van der Waals surface area (Å²) in [7, 11) is 1.83. The van der Waals surface area contributed by atoms with Gasteiger partial charge in [0.25, 0.3) is 0 Å². The first kappa shape index (κ1) is 19.2. The zero-order valence-corrected chi connectivity index (χ0v) is 17.0. The number of hydrogen-bond donors (Lipinski definition) is 1. The molecular formula is C19H28BrN5O. The van der Waals surface area contributed by atoms with Crippen LogP contribution in [0.4, 0.5) is 0 Å². The highest BCUT2D eigenvalue weighted by Gasteiger charge is 2.24. The highest BCUT2D eigenvalue weighted by molar-refractivity contribution is 9.10. The minimum atomic E-state index is 0.286. The quantitative estimate of drug-likeness (QED) is 0.594. The first-order chi connectivity index (χ1) is 12.7. The van der Waals surface area contributed by atoms with Crippen LogP contribution in [0.15, 0.2) is 33.7 Å². The summed E-state index contributed by atoms with van der Waals surface area (Å²) in [6.45, 7) is 6.78. The Hall–Kier alpha value is -1.60. The van der Waals surface area contributed by atoms with E-state index in [0.29, 0.717) is 6.54 Å². The van der Waals surface area contributed by atoms with Gasteiger partial charge in [-0.25, -0.2) is 0 Å². The summed E-state index contributed by atoms with van der Waals surface area (Å²) in [6, 6.07) is 8.31. The van der Waals surface area contributed by atoms with Crippen LogP contribution >= 0.6 is 15.9 Å². The smallest absolute Gasteiger partial charge is 0.236 e. The Balaban J connectivity index is 1.43. The van der Waals surface area contributed by atoms with Gasteiger partial charge in [-0.2, -0.15) is 0 Å². The zero-order chi connectivity index (χ0) is 18.4. The predicted octanol–water partition coefficient (Wildman–Crippen LogP) is 1.76. The van der Waals surface area contributed by atoms with Crippen LogP contribution in [0.1, 0.15) is 18.4 Å². The Kier molecular flexibility index (Phi) is 6.91. The fraction of sp³-hybridized carbons (Fsp3) is 0.579. The molecule has 0 spiro atoms. The first-order valence-electron chi connectivity index (χ1n) is 9.36. The molecule has 1 aromatic carbocycles. The SMILES string of the molecule is CN=C(NCc1ccc(Br)cc1)N1CCN(CC(=O)N2CCCC2)CC1. The van der Waals surface area contributed by atoms with E-state index >= 15 is 0 Å². The molecule has 0 aromatic heterocycles. The molecule has 0 atom stereocenters. The molecule has 0 aliphatic carbocycles. The van der Waals surface area contributed by atoms with Crippen LogP contribution in [0, 0.1) is 0 Å². The maximum Gasteiger partial charge on any atom is 0.236 e. The number of hydrogen-bond acceptors (Lipinski definition) is 3. The molecule has 26 heavy (non-hydrogen) atoms. The summed E-state index contributed by atoms with van der Waals surface area (Å²) in [6.07, 6.45) is 2.31. The number of carbonyl (C=O) groups excluding carboxylic acids is 1. The normalized spacial score (nSPS) is 19.1. The van der Waals surface area contributed by atoms with Crippen LogP contribution < -0.4 is 5.32 Å². The van der Waals surface area contributed by atoms with Gasteiger partial charge in [-0.3, -0.25) is 14.7 Å². The highest BCUT2D eigenvalue weighted by Crippen LogP contribution is 2.11. The number of rotatable bonds is 4. The number of nitrogens with zero attached hydrogens (tertiary/aromatic N) is 4. The molecule has 3 rings (SSSR count). The van der Waals surface area contributed by atoms with Crippen LogP contribution in [-0.4, -0.2) is 79.4 Å². The van der Waals surface area contributed by atoms with Crippen molar-refractivity contribution in [2.75, 3.05) is 52.9 Å². The van der Waals surface area contributed by atoms with Gasteiger partial charge in [-0.1, -0.05) is 28.1 Å². The van der Waals surface area contributed by atoms with Gasteiger partial charge in [0.2, 0.25) is 5.91 Å². The monoisotopic (exact) mass is 421 g/mol. The van der Waals surface area contributed by atoms with Gasteiger partial charge >= 0.3 is 0 Å². The fourth-order valence-electron chi connectivity index (χ4n) is 3.49. The topological polar surface area (TPSA) is 51.2 Å². The Morgan fingerprint density at radius 3 is 2.31 bits per heavy atom. The highest BCUT2D eigenvalue weighted by atomic mass is 79.9. The molecule has 2 fully saturated rings. The van der Waals surface area contributed by atoms with E-state index in [0.717, 1.165) is 69.1 Å². The third kappa shape index (κ3) is 5.20. The Labute approximate surface area is 164 Å². The van der Waals surface area contributed by atoms with Crippen LogP contribution in [0.2, 0.25) is 0 Å². The van der Waals surface area contributed by atoms with E-state index in [9.17, 15) is 4.79 Å². The second kappa shape index (κ2) is 9.37. The van der Waals surface area contributed by atoms with Crippen LogP contribution in [0.25, 0.3) is 0 Å². The largest absolute Gasteiger partial charge is 0.352 e. The lowest BCUT2D eigenvalue weighted by Gasteiger charge is -2.36. The van der Waals surface area contributed by atoms with Crippen molar-refractivity contribution in [3.05, 3.63) is 34.3 Å². The average molecular weight is 422 g/mol. The van der Waals surface area contributed by atoms with E-state index in [1.54, 1.807) is 0 Å². The number of benzene rings is 1. The van der Waals surface area contributed by atoms with Crippen molar-refractivity contribution in [2.45, 2.75) is 19.4 Å². The summed E-state index contributed by atoms with van der Waals surface area (Å²) in [4.78, 5) is 23.3. The van der Waals surface area contributed by atoms with E-state index in [1.165, 1.54) is 5.56 Å². The fourth-order valence-corrected chi connectivity index (χ4v) is 3.76. The maximum atomic E-state index is 12.3. The second-order valence-electron chi connectivity index (χ2n) is 6.88. The van der Waals surface area contributed by atoms with Gasteiger partial charge in [0.15, 0.2) is 5.96 Å². The average Bonchev–Trinajstić information content (AvgIpc) is 3.20. The Morgan fingerprint density at radius 1 is 1.04 bits per heavy atom. The number of amides is 1. The molecule has 142 valence electrons. The lowest BCUT2D eigenvalue weighted by Crippen LogP contribution is -2.54. The number of nitrogens with one attached hydrogen (secondary N) is 1. The lowest BCUT2D eigenvalue weighted by atomic mass is 10.2. The van der Waals surface area contributed by atoms with Crippen molar-refractivity contribution in [3.63, 3.8) is 0 Å². The van der Waals surface area contributed by atoms with Crippen molar-refractivity contribution in [2.24, 2.45) is 4.99 Å². The van der Waals surface area contributed by atoms with E-state index in [-0.39, 0.29) is 5.91 Å². The zero-order valence-electron chi connectivity index (χ0n) is 15.5. The van der Waals surface area contributed by atoms with Crippen molar-refractivity contribution in [3.8, 4) is 0 Å². The number of aliphatic imine (C=N–C) groups is 1. The molecule has 2 aliphatic rings. The van der Waals surface area contributed by atoms with E-state index in [1.807, 2.05) is 11.9 Å². The third-order valence-corrected chi connectivity index (χ3v) is 5.59. The van der Waals surface area contributed by atoms with Crippen LogP contribution in [0.5, 0.6) is 0 Å². The van der Waals surface area contributed by atoms with Gasteiger partial charge in [-0.15, -0.1) is 0 Å². The summed E-state index contributed by atoms with van der Waals surface area (Å²) in [5.74, 6) is 1.21. The molecule has 1 aromatic rings. The van der Waals surface area contributed by atoms with Gasteiger partial charge in [0.05, 0.1) is 6.54 Å².